The summed E-state index contributed by atoms with van der Waals surface area (Å²) >= 11 is 4.97. The van der Waals surface area contributed by atoms with Gasteiger partial charge in [-0.2, -0.15) is 11.3 Å². The molecule has 1 aromatic heterocycles. The number of halogens is 1. The molecule has 1 fully saturated rings. The molecule has 0 saturated carbocycles. The van der Waals surface area contributed by atoms with Gasteiger partial charge in [-0.15, -0.1) is 0 Å². The van der Waals surface area contributed by atoms with Gasteiger partial charge in [-0.05, 0) is 35.3 Å². The Hall–Kier alpha value is -0.190. The number of hydrogen-bond donors (Lipinski definition) is 1. The Morgan fingerprint density at radius 3 is 3.00 bits per heavy atom. The Morgan fingerprint density at radius 2 is 2.43 bits per heavy atom. The van der Waals surface area contributed by atoms with E-state index in [1.165, 1.54) is 0 Å². The molecule has 0 bridgehead atoms. The summed E-state index contributed by atoms with van der Waals surface area (Å²) in [6.07, 6.45) is 2.13. The third kappa shape index (κ3) is 2.07. The van der Waals surface area contributed by atoms with Crippen LogP contribution in [0.2, 0.25) is 0 Å². The van der Waals surface area contributed by atoms with Crippen LogP contribution in [0.3, 0.4) is 0 Å². The van der Waals surface area contributed by atoms with E-state index in [-0.39, 0.29) is 11.7 Å². The SMILES string of the molecule is O=C(c1cscc1Br)C1CCCNC1. The third-order valence-corrected chi connectivity index (χ3v) is 4.25. The van der Waals surface area contributed by atoms with Crippen molar-refractivity contribution in [3.8, 4) is 0 Å². The second-order valence-electron chi connectivity index (χ2n) is 3.54. The minimum atomic E-state index is 0.176. The molecule has 0 aromatic carbocycles. The summed E-state index contributed by atoms with van der Waals surface area (Å²) in [4.78, 5) is 12.0. The van der Waals surface area contributed by atoms with Crippen LogP contribution in [0.25, 0.3) is 0 Å². The number of carbonyl (C=O) groups is 1. The van der Waals surface area contributed by atoms with Crippen LogP contribution in [0, 0.1) is 5.92 Å². The molecule has 1 aliphatic rings. The van der Waals surface area contributed by atoms with E-state index in [1.807, 2.05) is 10.8 Å². The van der Waals surface area contributed by atoms with Crippen LogP contribution < -0.4 is 5.32 Å². The first-order chi connectivity index (χ1) is 6.79. The highest BCUT2D eigenvalue weighted by Crippen LogP contribution is 2.26. The van der Waals surface area contributed by atoms with Gasteiger partial charge in [-0.25, -0.2) is 0 Å². The van der Waals surface area contributed by atoms with Crippen LogP contribution >= 0.6 is 27.3 Å². The lowest BCUT2D eigenvalue weighted by molar-refractivity contribution is 0.0899. The Kier molecular flexibility index (Phi) is 3.36. The summed E-state index contributed by atoms with van der Waals surface area (Å²) in [6.45, 7) is 1.88. The Labute approximate surface area is 95.8 Å². The van der Waals surface area contributed by atoms with Crippen molar-refractivity contribution in [3.63, 3.8) is 0 Å². The van der Waals surface area contributed by atoms with Gasteiger partial charge in [0.25, 0.3) is 0 Å². The summed E-state index contributed by atoms with van der Waals surface area (Å²) < 4.78 is 0.943. The van der Waals surface area contributed by atoms with E-state index < -0.39 is 0 Å². The lowest BCUT2D eigenvalue weighted by Gasteiger charge is -2.21. The minimum Gasteiger partial charge on any atom is -0.316 e. The molecule has 1 N–H and O–H groups in total. The topological polar surface area (TPSA) is 29.1 Å². The number of thiophene rings is 1. The van der Waals surface area contributed by atoms with Crippen LogP contribution in [-0.2, 0) is 0 Å². The number of carbonyl (C=O) groups excluding carboxylic acids is 1. The van der Waals surface area contributed by atoms with Gasteiger partial charge in [-0.1, -0.05) is 0 Å². The molecule has 1 saturated heterocycles. The van der Waals surface area contributed by atoms with Crippen molar-refractivity contribution < 1.29 is 4.79 Å². The smallest absolute Gasteiger partial charge is 0.169 e. The third-order valence-electron chi connectivity index (χ3n) is 2.55. The van der Waals surface area contributed by atoms with Gasteiger partial charge in [0.1, 0.15) is 0 Å². The number of Topliss-reactive ketones (excluding diaryl/α,β-unsaturated/α-hetero) is 1. The van der Waals surface area contributed by atoms with Gasteiger partial charge in [0.05, 0.1) is 0 Å². The van der Waals surface area contributed by atoms with Crippen LogP contribution in [0.15, 0.2) is 15.2 Å². The molecule has 1 aromatic rings. The van der Waals surface area contributed by atoms with Crippen molar-refractivity contribution in [1.82, 2.24) is 5.32 Å². The fraction of sp³-hybridized carbons (Fsp3) is 0.500. The summed E-state index contributed by atoms with van der Waals surface area (Å²) in [7, 11) is 0. The first-order valence-electron chi connectivity index (χ1n) is 4.75. The molecular weight excluding hydrogens is 262 g/mol. The fourth-order valence-corrected chi connectivity index (χ4v) is 3.23. The zero-order chi connectivity index (χ0) is 9.97. The fourth-order valence-electron chi connectivity index (χ4n) is 1.75. The standard InChI is InChI=1S/C10H12BrNOS/c11-9-6-14-5-8(9)10(13)7-2-1-3-12-4-7/h5-7,12H,1-4H2. The zero-order valence-electron chi connectivity index (χ0n) is 7.75. The normalized spacial score (nSPS) is 22.2. The molecular formula is C10H12BrNOS. The van der Waals surface area contributed by atoms with Crippen molar-refractivity contribution in [2.45, 2.75) is 12.8 Å². The molecule has 0 amide bonds. The summed E-state index contributed by atoms with van der Waals surface area (Å²) in [6, 6.07) is 0. The van der Waals surface area contributed by atoms with Crippen molar-refractivity contribution in [2.75, 3.05) is 13.1 Å². The molecule has 0 radical (unpaired) electrons. The molecule has 14 heavy (non-hydrogen) atoms. The molecule has 2 rings (SSSR count). The van der Waals surface area contributed by atoms with E-state index >= 15 is 0 Å². The molecule has 4 heteroatoms. The monoisotopic (exact) mass is 273 g/mol. The van der Waals surface area contributed by atoms with Crippen LogP contribution in [0.4, 0.5) is 0 Å². The number of hydrogen-bond acceptors (Lipinski definition) is 3. The Balaban J connectivity index is 2.11. The van der Waals surface area contributed by atoms with Crippen LogP contribution in [0.5, 0.6) is 0 Å². The molecule has 76 valence electrons. The van der Waals surface area contributed by atoms with Gasteiger partial charge in [0, 0.05) is 33.3 Å². The highest BCUT2D eigenvalue weighted by atomic mass is 79.9. The number of nitrogens with one attached hydrogen (secondary N) is 1. The average molecular weight is 274 g/mol. The Bertz CT molecular complexity index is 331. The largest absolute Gasteiger partial charge is 0.316 e. The van der Waals surface area contributed by atoms with Gasteiger partial charge < -0.3 is 5.32 Å². The maximum Gasteiger partial charge on any atom is 0.169 e. The lowest BCUT2D eigenvalue weighted by Crippen LogP contribution is -2.34. The van der Waals surface area contributed by atoms with E-state index in [9.17, 15) is 4.79 Å². The molecule has 0 spiro atoms. The number of ketones is 1. The molecule has 1 aliphatic heterocycles. The maximum absolute atomic E-state index is 12.0. The second-order valence-corrected chi connectivity index (χ2v) is 5.14. The van der Waals surface area contributed by atoms with Crippen molar-refractivity contribution in [2.24, 2.45) is 5.92 Å². The molecule has 1 atom stereocenters. The first-order valence-corrected chi connectivity index (χ1v) is 6.49. The lowest BCUT2D eigenvalue weighted by atomic mass is 9.92. The zero-order valence-corrected chi connectivity index (χ0v) is 10.2. The van der Waals surface area contributed by atoms with E-state index in [4.69, 9.17) is 0 Å². The van der Waals surface area contributed by atoms with Gasteiger partial charge >= 0.3 is 0 Å². The van der Waals surface area contributed by atoms with Crippen LogP contribution in [-0.4, -0.2) is 18.9 Å². The van der Waals surface area contributed by atoms with Gasteiger partial charge in [0.15, 0.2) is 5.78 Å². The molecule has 2 nitrogen and oxygen atoms in total. The molecule has 1 unspecified atom stereocenters. The molecule has 0 aliphatic carbocycles. The molecule has 2 heterocycles. The maximum atomic E-state index is 12.0. The van der Waals surface area contributed by atoms with Crippen molar-refractivity contribution in [1.29, 1.82) is 0 Å². The summed E-state index contributed by atoms with van der Waals surface area (Å²) in [5.74, 6) is 0.458. The van der Waals surface area contributed by atoms with E-state index in [1.54, 1.807) is 11.3 Å². The van der Waals surface area contributed by atoms with Crippen molar-refractivity contribution in [3.05, 3.63) is 20.8 Å². The van der Waals surface area contributed by atoms with E-state index in [0.29, 0.717) is 0 Å². The first kappa shape index (κ1) is 10.3. The predicted molar refractivity (Wildman–Crippen MR) is 61.9 cm³/mol. The minimum absolute atomic E-state index is 0.176. The average Bonchev–Trinajstić information content (AvgIpc) is 2.65. The number of rotatable bonds is 2. The summed E-state index contributed by atoms with van der Waals surface area (Å²) in [5.41, 5.74) is 0.851. The summed E-state index contributed by atoms with van der Waals surface area (Å²) in [5, 5.41) is 7.16. The number of piperidine rings is 1. The van der Waals surface area contributed by atoms with Gasteiger partial charge in [-0.3, -0.25) is 4.79 Å². The van der Waals surface area contributed by atoms with E-state index in [2.05, 4.69) is 21.2 Å². The van der Waals surface area contributed by atoms with Crippen LogP contribution in [0.1, 0.15) is 23.2 Å². The quantitative estimate of drug-likeness (QED) is 0.840. The van der Waals surface area contributed by atoms with E-state index in [0.717, 1.165) is 36.0 Å². The van der Waals surface area contributed by atoms with Gasteiger partial charge in [0.2, 0.25) is 0 Å². The second kappa shape index (κ2) is 4.55. The Morgan fingerprint density at radius 1 is 1.57 bits per heavy atom. The highest BCUT2D eigenvalue weighted by Gasteiger charge is 2.23. The van der Waals surface area contributed by atoms with Crippen molar-refractivity contribution >= 4 is 33.0 Å². The highest BCUT2D eigenvalue weighted by molar-refractivity contribution is 9.10. The predicted octanol–water partition coefficient (Wildman–Crippen LogP) is 2.69.